The van der Waals surface area contributed by atoms with Gasteiger partial charge in [0.1, 0.15) is 6.61 Å². The highest BCUT2D eigenvalue weighted by molar-refractivity contribution is 5.43. The van der Waals surface area contributed by atoms with E-state index < -0.39 is 0 Å². The molecule has 0 unspecified atom stereocenters. The molecule has 0 spiro atoms. The van der Waals surface area contributed by atoms with Crippen LogP contribution in [0.2, 0.25) is 0 Å². The van der Waals surface area contributed by atoms with Gasteiger partial charge in [0.2, 0.25) is 0 Å². The molecular formula is C17H25NO2. The lowest BCUT2D eigenvalue weighted by Gasteiger charge is -2.11. The fourth-order valence-electron chi connectivity index (χ4n) is 1.97. The fourth-order valence-corrected chi connectivity index (χ4v) is 1.97. The van der Waals surface area contributed by atoms with Crippen LogP contribution in [-0.4, -0.2) is 20.3 Å². The van der Waals surface area contributed by atoms with Crippen LogP contribution in [-0.2, 0) is 6.54 Å². The van der Waals surface area contributed by atoms with E-state index in [9.17, 15) is 0 Å². The second-order valence-corrected chi connectivity index (χ2v) is 4.72. The number of nitrogens with one attached hydrogen (secondary N) is 1. The van der Waals surface area contributed by atoms with Gasteiger partial charge in [0.15, 0.2) is 11.5 Å². The van der Waals surface area contributed by atoms with Gasteiger partial charge in [0, 0.05) is 6.54 Å². The molecule has 0 fully saturated rings. The van der Waals surface area contributed by atoms with Gasteiger partial charge in [-0.1, -0.05) is 38.2 Å². The van der Waals surface area contributed by atoms with Crippen LogP contribution >= 0.6 is 0 Å². The molecule has 20 heavy (non-hydrogen) atoms. The molecule has 1 aromatic rings. The lowest BCUT2D eigenvalue weighted by molar-refractivity contribution is 0.330. The lowest BCUT2D eigenvalue weighted by Crippen LogP contribution is -2.14. The van der Waals surface area contributed by atoms with E-state index in [2.05, 4.69) is 18.2 Å². The van der Waals surface area contributed by atoms with Crippen molar-refractivity contribution in [1.82, 2.24) is 5.32 Å². The Hall–Kier alpha value is -1.66. The Balaban J connectivity index is 2.41. The van der Waals surface area contributed by atoms with E-state index in [0.29, 0.717) is 5.75 Å². The van der Waals surface area contributed by atoms with Crippen molar-refractivity contribution >= 4 is 0 Å². The zero-order valence-corrected chi connectivity index (χ0v) is 12.6. The number of methoxy groups -OCH3 is 1. The largest absolute Gasteiger partial charge is 0.493 e. The van der Waals surface area contributed by atoms with Crippen molar-refractivity contribution in [2.24, 2.45) is 0 Å². The van der Waals surface area contributed by atoms with Gasteiger partial charge >= 0.3 is 0 Å². The second-order valence-electron chi connectivity index (χ2n) is 4.72. The van der Waals surface area contributed by atoms with Gasteiger partial charge in [-0.05, 0) is 30.7 Å². The van der Waals surface area contributed by atoms with Crippen LogP contribution in [0.25, 0.3) is 0 Å². The van der Waals surface area contributed by atoms with E-state index in [4.69, 9.17) is 15.9 Å². The predicted molar refractivity (Wildman–Crippen MR) is 83.2 cm³/mol. The molecule has 0 atom stereocenters. The Morgan fingerprint density at radius 3 is 2.75 bits per heavy atom. The first-order chi connectivity index (χ1) is 9.81. The third kappa shape index (κ3) is 5.99. The lowest BCUT2D eigenvalue weighted by atomic mass is 10.2. The fraction of sp³-hybridized carbons (Fsp3) is 0.529. The van der Waals surface area contributed by atoms with Crippen molar-refractivity contribution < 1.29 is 9.47 Å². The van der Waals surface area contributed by atoms with Crippen molar-refractivity contribution in [3.05, 3.63) is 23.8 Å². The molecule has 0 heterocycles. The topological polar surface area (TPSA) is 30.5 Å². The maximum absolute atomic E-state index is 5.42. The predicted octanol–water partition coefficient (Wildman–Crippen LogP) is 3.38. The minimum absolute atomic E-state index is 0.255. The molecule has 0 bridgehead atoms. The number of rotatable bonds is 10. The summed E-state index contributed by atoms with van der Waals surface area (Å²) < 4.78 is 10.7. The summed E-state index contributed by atoms with van der Waals surface area (Å²) in [5, 5.41) is 3.45. The van der Waals surface area contributed by atoms with E-state index in [-0.39, 0.29) is 6.61 Å². The Bertz CT molecular complexity index is 423. The van der Waals surface area contributed by atoms with Crippen molar-refractivity contribution in [2.45, 2.75) is 39.2 Å². The molecule has 1 rings (SSSR count). The molecular weight excluding hydrogens is 250 g/mol. The first-order valence-electron chi connectivity index (χ1n) is 7.25. The van der Waals surface area contributed by atoms with E-state index in [1.807, 2.05) is 18.2 Å². The summed E-state index contributed by atoms with van der Waals surface area (Å²) >= 11 is 0. The van der Waals surface area contributed by atoms with Gasteiger partial charge in [-0.25, -0.2) is 0 Å². The molecule has 0 aliphatic carbocycles. The summed E-state index contributed by atoms with van der Waals surface area (Å²) in [4.78, 5) is 0. The number of terminal acetylenes is 1. The van der Waals surface area contributed by atoms with E-state index >= 15 is 0 Å². The molecule has 1 N–H and O–H groups in total. The molecule has 0 radical (unpaired) electrons. The number of unbranched alkanes of at least 4 members (excludes halogenated alkanes) is 3. The highest BCUT2D eigenvalue weighted by Gasteiger charge is 2.05. The summed E-state index contributed by atoms with van der Waals surface area (Å²) in [5.74, 6) is 3.87. The highest BCUT2D eigenvalue weighted by atomic mass is 16.5. The summed E-state index contributed by atoms with van der Waals surface area (Å²) in [6.07, 6.45) is 10.3. The van der Waals surface area contributed by atoms with Crippen LogP contribution in [0.15, 0.2) is 18.2 Å². The second kappa shape index (κ2) is 10.2. The van der Waals surface area contributed by atoms with Crippen LogP contribution in [0.5, 0.6) is 11.5 Å². The van der Waals surface area contributed by atoms with E-state index in [1.54, 1.807) is 7.11 Å². The molecule has 0 aliphatic heterocycles. The van der Waals surface area contributed by atoms with Crippen LogP contribution in [0.1, 0.15) is 38.2 Å². The number of hydrogen-bond acceptors (Lipinski definition) is 3. The number of benzene rings is 1. The maximum atomic E-state index is 5.42. The van der Waals surface area contributed by atoms with Crippen LogP contribution in [0.3, 0.4) is 0 Å². The van der Waals surface area contributed by atoms with Crippen LogP contribution in [0, 0.1) is 12.3 Å². The zero-order chi connectivity index (χ0) is 14.6. The van der Waals surface area contributed by atoms with Gasteiger partial charge in [0.25, 0.3) is 0 Å². The first-order valence-corrected chi connectivity index (χ1v) is 7.25. The third-order valence-electron chi connectivity index (χ3n) is 3.08. The molecule has 1 aromatic carbocycles. The van der Waals surface area contributed by atoms with Crippen molar-refractivity contribution in [1.29, 1.82) is 0 Å². The molecule has 3 heteroatoms. The molecule has 0 saturated carbocycles. The SMILES string of the molecule is C#CCOc1ccc(CNCCCCCC)cc1OC. The normalized spacial score (nSPS) is 10.1. The van der Waals surface area contributed by atoms with Crippen molar-refractivity contribution in [3.63, 3.8) is 0 Å². The number of ether oxygens (including phenoxy) is 2. The monoisotopic (exact) mass is 275 g/mol. The summed E-state index contributed by atoms with van der Waals surface area (Å²) in [7, 11) is 1.64. The minimum Gasteiger partial charge on any atom is -0.493 e. The third-order valence-corrected chi connectivity index (χ3v) is 3.08. The molecule has 0 aromatic heterocycles. The Kier molecular flexibility index (Phi) is 8.33. The van der Waals surface area contributed by atoms with Gasteiger partial charge < -0.3 is 14.8 Å². The first kappa shape index (κ1) is 16.4. The quantitative estimate of drug-likeness (QED) is 0.524. The Morgan fingerprint density at radius 2 is 2.05 bits per heavy atom. The Labute approximate surface area is 122 Å². The number of hydrogen-bond donors (Lipinski definition) is 1. The minimum atomic E-state index is 0.255. The average Bonchev–Trinajstić information content (AvgIpc) is 2.49. The molecule has 0 saturated heterocycles. The highest BCUT2D eigenvalue weighted by Crippen LogP contribution is 2.27. The van der Waals surface area contributed by atoms with E-state index in [0.717, 1.165) is 18.8 Å². The van der Waals surface area contributed by atoms with Crippen molar-refractivity contribution in [3.8, 4) is 23.8 Å². The van der Waals surface area contributed by atoms with Gasteiger partial charge in [0.05, 0.1) is 7.11 Å². The van der Waals surface area contributed by atoms with Crippen LogP contribution < -0.4 is 14.8 Å². The maximum Gasteiger partial charge on any atom is 0.162 e. The standard InChI is InChI=1S/C17H25NO2/c1-4-6-7-8-11-18-14-15-9-10-16(20-12-5-2)17(13-15)19-3/h2,9-10,13,18H,4,6-8,11-12,14H2,1,3H3. The molecule has 0 aliphatic rings. The average molecular weight is 275 g/mol. The summed E-state index contributed by atoms with van der Waals surface area (Å²) in [6.45, 7) is 4.38. The summed E-state index contributed by atoms with van der Waals surface area (Å²) in [6, 6.07) is 5.93. The smallest absolute Gasteiger partial charge is 0.162 e. The van der Waals surface area contributed by atoms with Crippen molar-refractivity contribution in [2.75, 3.05) is 20.3 Å². The van der Waals surface area contributed by atoms with Crippen LogP contribution in [0.4, 0.5) is 0 Å². The van der Waals surface area contributed by atoms with E-state index in [1.165, 1.54) is 31.2 Å². The summed E-state index contributed by atoms with van der Waals surface area (Å²) in [5.41, 5.74) is 1.19. The molecule has 110 valence electrons. The molecule has 3 nitrogen and oxygen atoms in total. The van der Waals surface area contributed by atoms with Gasteiger partial charge in [-0.3, -0.25) is 0 Å². The Morgan fingerprint density at radius 1 is 1.20 bits per heavy atom. The molecule has 0 amide bonds. The van der Waals surface area contributed by atoms with Gasteiger partial charge in [-0.15, -0.1) is 6.42 Å². The van der Waals surface area contributed by atoms with Gasteiger partial charge in [-0.2, -0.15) is 0 Å². The zero-order valence-electron chi connectivity index (χ0n) is 12.6.